The predicted molar refractivity (Wildman–Crippen MR) is 90.2 cm³/mol. The Balaban J connectivity index is 1.88. The molecule has 0 amide bonds. The molecule has 0 aliphatic carbocycles. The third-order valence-electron chi connectivity index (χ3n) is 4.05. The molecule has 0 fully saturated rings. The molecule has 7 heteroatoms. The fraction of sp³-hybridized carbons (Fsp3) is 0.176. The summed E-state index contributed by atoms with van der Waals surface area (Å²) in [6.45, 7) is 2.07. The molecule has 0 atom stereocenters. The van der Waals surface area contributed by atoms with Crippen molar-refractivity contribution in [2.24, 2.45) is 0 Å². The van der Waals surface area contributed by atoms with Gasteiger partial charge in [0.2, 0.25) is 0 Å². The molecule has 7 nitrogen and oxygen atoms in total. The fourth-order valence-electron chi connectivity index (χ4n) is 2.76. The quantitative estimate of drug-likeness (QED) is 0.577. The molecule has 0 aliphatic rings. The van der Waals surface area contributed by atoms with Gasteiger partial charge in [-0.15, -0.1) is 5.10 Å². The first-order valence-electron chi connectivity index (χ1n) is 7.51. The van der Waals surface area contributed by atoms with E-state index < -0.39 is 0 Å². The van der Waals surface area contributed by atoms with Crippen molar-refractivity contribution in [1.29, 1.82) is 0 Å². The Hall–Kier alpha value is -3.22. The van der Waals surface area contributed by atoms with Crippen LogP contribution in [-0.4, -0.2) is 31.7 Å². The van der Waals surface area contributed by atoms with E-state index in [1.54, 1.807) is 34.6 Å². The minimum absolute atomic E-state index is 0.129. The van der Waals surface area contributed by atoms with E-state index in [1.165, 1.54) is 0 Å². The Morgan fingerprint density at radius 2 is 1.96 bits per heavy atom. The maximum Gasteiger partial charge on any atom is 0.263 e. The largest absolute Gasteiger partial charge is 0.497 e. The summed E-state index contributed by atoms with van der Waals surface area (Å²) in [6.07, 6.45) is 0. The Labute approximate surface area is 137 Å². The molecular weight excluding hydrogens is 306 g/mol. The molecule has 0 saturated carbocycles. The zero-order valence-corrected chi connectivity index (χ0v) is 13.3. The summed E-state index contributed by atoms with van der Waals surface area (Å²) in [6, 6.07) is 12.9. The summed E-state index contributed by atoms with van der Waals surface area (Å²) >= 11 is 0. The Kier molecular flexibility index (Phi) is 3.26. The van der Waals surface area contributed by atoms with Gasteiger partial charge in [-0.05, 0) is 37.3 Å². The maximum atomic E-state index is 12.9. The third-order valence-corrected chi connectivity index (χ3v) is 4.05. The molecule has 0 unspecified atom stereocenters. The SMILES string of the molecule is COc1ccc2nc(C)n(Cn3nnc4ccccc43)c(=O)c2c1. The molecular formula is C17H15N5O2. The molecule has 2 aromatic heterocycles. The summed E-state index contributed by atoms with van der Waals surface area (Å²) in [7, 11) is 1.57. The number of aryl methyl sites for hydroxylation is 1. The number of fused-ring (bicyclic) bond motifs is 2. The van der Waals surface area contributed by atoms with Gasteiger partial charge in [-0.3, -0.25) is 9.36 Å². The van der Waals surface area contributed by atoms with Crippen molar-refractivity contribution in [1.82, 2.24) is 24.5 Å². The van der Waals surface area contributed by atoms with Crippen molar-refractivity contribution in [2.75, 3.05) is 7.11 Å². The monoisotopic (exact) mass is 321 g/mol. The number of aromatic nitrogens is 5. The standard InChI is InChI=1S/C17H15N5O2/c1-11-18-14-8-7-12(24-2)9-13(14)17(23)21(11)10-22-16-6-4-3-5-15(16)19-20-22/h3-9H,10H2,1-2H3. The van der Waals surface area contributed by atoms with Crippen LogP contribution in [0.5, 0.6) is 5.75 Å². The highest BCUT2D eigenvalue weighted by Gasteiger charge is 2.11. The number of nitrogens with zero attached hydrogens (tertiary/aromatic N) is 5. The molecule has 120 valence electrons. The van der Waals surface area contributed by atoms with Crippen molar-refractivity contribution in [3.8, 4) is 5.75 Å². The molecule has 0 bridgehead atoms. The average Bonchev–Trinajstić information content (AvgIpc) is 3.01. The summed E-state index contributed by atoms with van der Waals surface area (Å²) < 4.78 is 8.49. The van der Waals surface area contributed by atoms with E-state index in [4.69, 9.17) is 4.74 Å². The van der Waals surface area contributed by atoms with Crippen LogP contribution in [0, 0.1) is 6.92 Å². The average molecular weight is 321 g/mol. The van der Waals surface area contributed by atoms with Crippen molar-refractivity contribution < 1.29 is 4.74 Å². The molecule has 4 rings (SSSR count). The normalized spacial score (nSPS) is 11.2. The van der Waals surface area contributed by atoms with Crippen LogP contribution < -0.4 is 10.3 Å². The summed E-state index contributed by atoms with van der Waals surface area (Å²) in [5.74, 6) is 1.25. The number of rotatable bonds is 3. The molecule has 24 heavy (non-hydrogen) atoms. The van der Waals surface area contributed by atoms with Crippen LogP contribution in [0.15, 0.2) is 47.3 Å². The number of hydrogen-bond donors (Lipinski definition) is 0. The van der Waals surface area contributed by atoms with Gasteiger partial charge in [0.25, 0.3) is 5.56 Å². The number of para-hydroxylation sites is 1. The third kappa shape index (κ3) is 2.21. The van der Waals surface area contributed by atoms with Gasteiger partial charge in [0.05, 0.1) is 23.5 Å². The molecule has 2 aromatic carbocycles. The molecule has 0 aliphatic heterocycles. The van der Waals surface area contributed by atoms with Crippen molar-refractivity contribution in [3.63, 3.8) is 0 Å². The van der Waals surface area contributed by atoms with Gasteiger partial charge in [-0.1, -0.05) is 17.3 Å². The lowest BCUT2D eigenvalue weighted by Gasteiger charge is -2.11. The van der Waals surface area contributed by atoms with Gasteiger partial charge in [0.15, 0.2) is 0 Å². The van der Waals surface area contributed by atoms with Crippen LogP contribution in [0.1, 0.15) is 5.82 Å². The summed E-state index contributed by atoms with van der Waals surface area (Å²) in [4.78, 5) is 17.4. The number of methoxy groups -OCH3 is 1. The highest BCUT2D eigenvalue weighted by molar-refractivity contribution is 5.79. The molecule has 0 spiro atoms. The Morgan fingerprint density at radius 1 is 1.12 bits per heavy atom. The van der Waals surface area contributed by atoms with E-state index in [1.807, 2.05) is 31.2 Å². The second kappa shape index (κ2) is 5.45. The first-order chi connectivity index (χ1) is 11.7. The lowest BCUT2D eigenvalue weighted by atomic mass is 10.2. The minimum atomic E-state index is -0.129. The van der Waals surface area contributed by atoms with E-state index in [0.29, 0.717) is 22.5 Å². The van der Waals surface area contributed by atoms with Gasteiger partial charge in [-0.25, -0.2) is 9.67 Å². The van der Waals surface area contributed by atoms with Gasteiger partial charge < -0.3 is 4.74 Å². The molecule has 0 radical (unpaired) electrons. The summed E-state index contributed by atoms with van der Waals surface area (Å²) in [5.41, 5.74) is 2.18. The fourth-order valence-corrected chi connectivity index (χ4v) is 2.76. The van der Waals surface area contributed by atoms with Crippen LogP contribution in [0.4, 0.5) is 0 Å². The van der Waals surface area contributed by atoms with E-state index in [-0.39, 0.29) is 12.2 Å². The molecule has 0 saturated heterocycles. The Bertz CT molecular complexity index is 1110. The predicted octanol–water partition coefficient (Wildman–Crippen LogP) is 1.96. The van der Waals surface area contributed by atoms with Crippen LogP contribution in [0.3, 0.4) is 0 Å². The lowest BCUT2D eigenvalue weighted by molar-refractivity contribution is 0.415. The van der Waals surface area contributed by atoms with Crippen LogP contribution in [0.25, 0.3) is 21.9 Å². The van der Waals surface area contributed by atoms with Gasteiger partial charge >= 0.3 is 0 Å². The van der Waals surface area contributed by atoms with E-state index in [9.17, 15) is 4.79 Å². The topological polar surface area (TPSA) is 74.8 Å². The molecule has 2 heterocycles. The Morgan fingerprint density at radius 3 is 2.79 bits per heavy atom. The smallest absolute Gasteiger partial charge is 0.263 e. The van der Waals surface area contributed by atoms with Crippen molar-refractivity contribution in [3.05, 3.63) is 58.6 Å². The zero-order valence-electron chi connectivity index (χ0n) is 13.3. The van der Waals surface area contributed by atoms with Crippen molar-refractivity contribution in [2.45, 2.75) is 13.6 Å². The van der Waals surface area contributed by atoms with E-state index in [2.05, 4.69) is 15.3 Å². The van der Waals surface area contributed by atoms with Crippen LogP contribution in [-0.2, 0) is 6.67 Å². The van der Waals surface area contributed by atoms with E-state index in [0.717, 1.165) is 11.0 Å². The summed E-state index contributed by atoms with van der Waals surface area (Å²) in [5, 5.41) is 8.78. The number of ether oxygens (including phenoxy) is 1. The molecule has 0 N–H and O–H groups in total. The zero-order chi connectivity index (χ0) is 16.7. The first kappa shape index (κ1) is 14.4. The highest BCUT2D eigenvalue weighted by Crippen LogP contribution is 2.17. The van der Waals surface area contributed by atoms with Gasteiger partial charge in [-0.2, -0.15) is 0 Å². The van der Waals surface area contributed by atoms with Gasteiger partial charge in [0.1, 0.15) is 23.8 Å². The highest BCUT2D eigenvalue weighted by atomic mass is 16.5. The second-order valence-electron chi connectivity index (χ2n) is 5.49. The number of benzene rings is 2. The van der Waals surface area contributed by atoms with Gasteiger partial charge in [0, 0.05) is 0 Å². The van der Waals surface area contributed by atoms with Crippen LogP contribution in [0.2, 0.25) is 0 Å². The number of hydrogen-bond acceptors (Lipinski definition) is 5. The lowest BCUT2D eigenvalue weighted by Crippen LogP contribution is -2.27. The van der Waals surface area contributed by atoms with E-state index >= 15 is 0 Å². The van der Waals surface area contributed by atoms with Crippen LogP contribution >= 0.6 is 0 Å². The second-order valence-corrected chi connectivity index (χ2v) is 5.49. The minimum Gasteiger partial charge on any atom is -0.497 e. The maximum absolute atomic E-state index is 12.9. The first-order valence-corrected chi connectivity index (χ1v) is 7.51. The molecule has 4 aromatic rings. The van der Waals surface area contributed by atoms with Crippen molar-refractivity contribution >= 4 is 21.9 Å².